The van der Waals surface area contributed by atoms with E-state index in [4.69, 9.17) is 25.8 Å². The summed E-state index contributed by atoms with van der Waals surface area (Å²) >= 11 is 0. The fraction of sp³-hybridized carbons (Fsp3) is 0.152. The number of hydrazone groups is 1. The molecule has 0 spiro atoms. The van der Waals surface area contributed by atoms with Crippen LogP contribution >= 0.6 is 0 Å². The van der Waals surface area contributed by atoms with E-state index in [-0.39, 0.29) is 22.7 Å². The van der Waals surface area contributed by atoms with Gasteiger partial charge in [0.1, 0.15) is 12.4 Å². The molecule has 4 aromatic carbocycles. The standard InChI is InChI=1S/C33H31N7O9/c1-2-46-32-36-27-12-7-11-26(31(41)42)29(27)38(32)18-21-14-16-22(17-15-21)24-9-4-5-10-25(24)30(34)37-39(35)20-47-33(43)49-28-13-6-3-8-23(28)19-48-40(44)45/h3-17H,2,18-20,35H2,1H3,(H2,34,37)(H,41,42). The van der Waals surface area contributed by atoms with Crippen molar-refractivity contribution in [1.82, 2.24) is 14.7 Å². The lowest BCUT2D eigenvalue weighted by Gasteiger charge is -2.16. The highest BCUT2D eigenvalue weighted by Gasteiger charge is 2.19. The Bertz CT molecular complexity index is 2010. The fourth-order valence-electron chi connectivity index (χ4n) is 4.96. The summed E-state index contributed by atoms with van der Waals surface area (Å²) in [6.45, 7) is 1.55. The molecule has 0 amide bonds. The van der Waals surface area contributed by atoms with Crippen LogP contribution in [0.3, 0.4) is 0 Å². The zero-order valence-corrected chi connectivity index (χ0v) is 26.1. The summed E-state index contributed by atoms with van der Waals surface area (Å²) in [6, 6.07) is 26.2. The molecule has 0 aliphatic heterocycles. The van der Waals surface area contributed by atoms with Crippen molar-refractivity contribution >= 4 is 29.0 Å². The number of ether oxygens (including phenoxy) is 3. The highest BCUT2D eigenvalue weighted by atomic mass is 16.9. The first-order valence-electron chi connectivity index (χ1n) is 14.7. The topological polar surface area (TPSA) is 220 Å². The average Bonchev–Trinajstić information content (AvgIpc) is 3.44. The molecule has 0 bridgehead atoms. The lowest BCUT2D eigenvalue weighted by Crippen LogP contribution is -2.33. The second kappa shape index (κ2) is 15.3. The summed E-state index contributed by atoms with van der Waals surface area (Å²) in [5, 5.41) is 24.3. The van der Waals surface area contributed by atoms with Gasteiger partial charge in [-0.15, -0.1) is 15.2 Å². The van der Waals surface area contributed by atoms with Crippen molar-refractivity contribution in [2.24, 2.45) is 16.7 Å². The van der Waals surface area contributed by atoms with Gasteiger partial charge in [0.25, 0.3) is 11.1 Å². The summed E-state index contributed by atoms with van der Waals surface area (Å²) in [7, 11) is 0. The van der Waals surface area contributed by atoms with Gasteiger partial charge in [0.15, 0.2) is 12.6 Å². The molecule has 1 aromatic heterocycles. The Morgan fingerprint density at radius 1 is 1.00 bits per heavy atom. The first kappa shape index (κ1) is 33.7. The Kier molecular flexibility index (Phi) is 10.5. The molecule has 0 fully saturated rings. The first-order chi connectivity index (χ1) is 23.6. The molecule has 0 atom stereocenters. The molecular formula is C33H31N7O9. The number of nitrogens with zero attached hydrogens (tertiary/aromatic N) is 5. The highest BCUT2D eigenvalue weighted by molar-refractivity contribution is 6.03. The third-order valence-electron chi connectivity index (χ3n) is 7.09. The van der Waals surface area contributed by atoms with E-state index in [1.807, 2.05) is 43.3 Å². The van der Waals surface area contributed by atoms with Crippen LogP contribution in [0.4, 0.5) is 4.79 Å². The zero-order valence-electron chi connectivity index (χ0n) is 26.1. The third kappa shape index (κ3) is 8.19. The van der Waals surface area contributed by atoms with Crippen LogP contribution in [-0.4, -0.2) is 56.2 Å². The van der Waals surface area contributed by atoms with Crippen LogP contribution in [0.5, 0.6) is 11.8 Å². The predicted molar refractivity (Wildman–Crippen MR) is 176 cm³/mol. The summed E-state index contributed by atoms with van der Waals surface area (Å²) in [5.41, 5.74) is 10.7. The minimum absolute atomic E-state index is 0.0130. The van der Waals surface area contributed by atoms with Crippen molar-refractivity contribution in [3.63, 3.8) is 0 Å². The van der Waals surface area contributed by atoms with Gasteiger partial charge in [0, 0.05) is 11.1 Å². The molecule has 252 valence electrons. The predicted octanol–water partition coefficient (Wildman–Crippen LogP) is 4.53. The number of aromatic nitrogens is 2. The molecule has 0 saturated carbocycles. The van der Waals surface area contributed by atoms with Gasteiger partial charge in [-0.25, -0.2) is 15.4 Å². The molecule has 0 aliphatic rings. The smallest absolute Gasteiger partial charge is 0.478 e. The van der Waals surface area contributed by atoms with E-state index >= 15 is 0 Å². The van der Waals surface area contributed by atoms with Gasteiger partial charge >= 0.3 is 12.1 Å². The van der Waals surface area contributed by atoms with Gasteiger partial charge in [0.2, 0.25) is 0 Å². The van der Waals surface area contributed by atoms with E-state index in [0.717, 1.165) is 21.8 Å². The Morgan fingerprint density at radius 3 is 2.45 bits per heavy atom. The highest BCUT2D eigenvalue weighted by Crippen LogP contribution is 2.28. The molecule has 0 unspecified atom stereocenters. The first-order valence-corrected chi connectivity index (χ1v) is 14.7. The number of carboxylic acids is 1. The minimum Gasteiger partial charge on any atom is -0.478 e. The Morgan fingerprint density at radius 2 is 1.71 bits per heavy atom. The van der Waals surface area contributed by atoms with E-state index < -0.39 is 30.5 Å². The second-order valence-electron chi connectivity index (χ2n) is 10.3. The van der Waals surface area contributed by atoms with Crippen molar-refractivity contribution < 1.29 is 38.8 Å². The zero-order chi connectivity index (χ0) is 34.9. The number of rotatable bonds is 14. The molecule has 5 rings (SSSR count). The number of hydrogen-bond acceptors (Lipinski definition) is 12. The maximum Gasteiger partial charge on any atom is 0.515 e. The van der Waals surface area contributed by atoms with Crippen molar-refractivity contribution in [3.8, 4) is 22.9 Å². The summed E-state index contributed by atoms with van der Waals surface area (Å²) in [6.07, 6.45) is -1.13. The largest absolute Gasteiger partial charge is 0.515 e. The Hall–Kier alpha value is -6.68. The van der Waals surface area contributed by atoms with E-state index in [9.17, 15) is 24.8 Å². The van der Waals surface area contributed by atoms with Crippen LogP contribution < -0.4 is 21.1 Å². The van der Waals surface area contributed by atoms with Crippen molar-refractivity contribution in [3.05, 3.63) is 123 Å². The Labute approximate surface area is 278 Å². The van der Waals surface area contributed by atoms with E-state index in [1.165, 1.54) is 18.2 Å². The van der Waals surface area contributed by atoms with Gasteiger partial charge in [0.05, 0.1) is 29.7 Å². The molecular weight excluding hydrogens is 638 g/mol. The van der Waals surface area contributed by atoms with E-state index in [2.05, 4.69) is 14.9 Å². The van der Waals surface area contributed by atoms with E-state index in [0.29, 0.717) is 35.8 Å². The summed E-state index contributed by atoms with van der Waals surface area (Å²) < 4.78 is 17.6. The third-order valence-corrected chi connectivity index (χ3v) is 7.09. The monoisotopic (exact) mass is 669 g/mol. The number of para-hydroxylation sites is 2. The summed E-state index contributed by atoms with van der Waals surface area (Å²) in [5.74, 6) is 4.91. The number of amidine groups is 1. The number of carboxylic acid groups (broad SMARTS) is 1. The summed E-state index contributed by atoms with van der Waals surface area (Å²) in [4.78, 5) is 43.6. The lowest BCUT2D eigenvalue weighted by molar-refractivity contribution is -0.763. The molecule has 5 N–H and O–H groups in total. The number of hydrogen-bond donors (Lipinski definition) is 3. The van der Waals surface area contributed by atoms with Crippen molar-refractivity contribution in [2.45, 2.75) is 20.1 Å². The molecule has 49 heavy (non-hydrogen) atoms. The minimum atomic E-state index is -1.13. The number of carbonyl (C=O) groups is 2. The molecule has 0 radical (unpaired) electrons. The molecule has 16 heteroatoms. The number of fused-ring (bicyclic) bond motifs is 1. The number of hydrazine groups is 1. The number of nitrogens with two attached hydrogens (primary N) is 2. The van der Waals surface area contributed by atoms with Crippen LogP contribution in [0.15, 0.2) is 96.1 Å². The maximum absolute atomic E-state index is 12.3. The average molecular weight is 670 g/mol. The molecule has 1 heterocycles. The van der Waals surface area contributed by atoms with Crippen molar-refractivity contribution in [2.75, 3.05) is 13.3 Å². The van der Waals surface area contributed by atoms with Crippen LogP contribution in [0.2, 0.25) is 0 Å². The van der Waals surface area contributed by atoms with Gasteiger partial charge in [-0.2, -0.15) is 10.1 Å². The van der Waals surface area contributed by atoms with Gasteiger partial charge in [-0.3, -0.25) is 4.57 Å². The van der Waals surface area contributed by atoms with Crippen LogP contribution in [0.1, 0.15) is 34.0 Å². The van der Waals surface area contributed by atoms with Gasteiger partial charge in [-0.05, 0) is 41.8 Å². The van der Waals surface area contributed by atoms with Gasteiger partial charge in [-0.1, -0.05) is 72.8 Å². The lowest BCUT2D eigenvalue weighted by atomic mass is 9.98. The number of aromatic carboxylic acids is 1. The van der Waals surface area contributed by atoms with Gasteiger partial charge < -0.3 is 29.9 Å². The SMILES string of the molecule is CCOc1nc2cccc(C(=O)O)c2n1Cc1ccc(-c2ccccc2/C(N)=N/N(N)COC(=O)Oc2ccccc2CO[N+](=O)[O-])cc1. The molecule has 0 aliphatic carbocycles. The van der Waals surface area contributed by atoms with Crippen LogP contribution in [0, 0.1) is 10.1 Å². The fourth-order valence-corrected chi connectivity index (χ4v) is 4.96. The molecule has 0 saturated heterocycles. The number of benzene rings is 4. The van der Waals surface area contributed by atoms with Crippen LogP contribution in [0.25, 0.3) is 22.2 Å². The van der Waals surface area contributed by atoms with Crippen LogP contribution in [-0.2, 0) is 22.7 Å². The van der Waals surface area contributed by atoms with Crippen molar-refractivity contribution in [1.29, 1.82) is 0 Å². The number of imidazole rings is 1. The molecule has 5 aromatic rings. The van der Waals surface area contributed by atoms with E-state index in [1.54, 1.807) is 41.0 Å². The Balaban J connectivity index is 1.28. The normalized spacial score (nSPS) is 11.2. The molecule has 16 nitrogen and oxygen atoms in total. The number of carbonyl (C=O) groups excluding carboxylic acids is 1. The second-order valence-corrected chi connectivity index (χ2v) is 10.3. The quantitative estimate of drug-likeness (QED) is 0.0217. The maximum atomic E-state index is 12.3.